The summed E-state index contributed by atoms with van der Waals surface area (Å²) in [6.45, 7) is 2.81. The Balaban J connectivity index is 1.69. The van der Waals surface area contributed by atoms with Crippen LogP contribution in [0, 0.1) is 0 Å². The highest BCUT2D eigenvalue weighted by Crippen LogP contribution is 2.20. The van der Waals surface area contributed by atoms with Crippen molar-refractivity contribution in [1.82, 2.24) is 19.9 Å². The van der Waals surface area contributed by atoms with Crippen molar-refractivity contribution in [3.05, 3.63) is 10.8 Å². The van der Waals surface area contributed by atoms with E-state index in [-0.39, 0.29) is 12.6 Å². The second-order valence-electron chi connectivity index (χ2n) is 4.85. The fraction of sp³-hybridized carbons (Fsp3) is 0.583. The van der Waals surface area contributed by atoms with Crippen LogP contribution in [0.4, 0.5) is 6.01 Å². The molecule has 7 nitrogen and oxygen atoms in total. The Labute approximate surface area is 124 Å². The maximum Gasteiger partial charge on any atom is 0.298 e. The first-order valence-corrected chi connectivity index (χ1v) is 7.43. The van der Waals surface area contributed by atoms with Crippen molar-refractivity contribution >= 4 is 33.3 Å². The maximum absolute atomic E-state index is 9.00. The van der Waals surface area contributed by atoms with Gasteiger partial charge in [-0.3, -0.25) is 4.90 Å². The van der Waals surface area contributed by atoms with Crippen LogP contribution in [-0.2, 0) is 0 Å². The number of halogens is 1. The lowest BCUT2D eigenvalue weighted by molar-refractivity contribution is 0.166. The first-order chi connectivity index (χ1) is 9.74. The van der Waals surface area contributed by atoms with Crippen molar-refractivity contribution in [2.75, 3.05) is 31.6 Å². The number of aliphatic hydroxyl groups excluding tert-OH is 1. The van der Waals surface area contributed by atoms with Crippen LogP contribution in [0.15, 0.2) is 15.2 Å². The summed E-state index contributed by atoms with van der Waals surface area (Å²) in [5, 5.41) is 12.3. The average molecular weight is 342 g/mol. The Morgan fingerprint density at radius 3 is 3.25 bits per heavy atom. The number of β-amino-alcohol motifs (C(OH)–C–C–N with tert-alkyl or cyclic N) is 1. The minimum Gasteiger partial charge on any atom is -0.403 e. The minimum absolute atomic E-state index is 0.192. The summed E-state index contributed by atoms with van der Waals surface area (Å²) in [4.78, 5) is 14.8. The number of nitrogens with zero attached hydrogens (tertiary/aromatic N) is 4. The second kappa shape index (κ2) is 6.02. The van der Waals surface area contributed by atoms with Gasteiger partial charge >= 0.3 is 0 Å². The molecule has 2 aromatic heterocycles. The molecule has 108 valence electrons. The Kier molecular flexibility index (Phi) is 4.13. The fourth-order valence-corrected chi connectivity index (χ4v) is 2.73. The minimum atomic E-state index is 0.192. The number of hydrogen-bond donors (Lipinski definition) is 2. The van der Waals surface area contributed by atoms with E-state index in [0.29, 0.717) is 28.5 Å². The molecule has 0 saturated carbocycles. The Morgan fingerprint density at radius 2 is 2.40 bits per heavy atom. The molecule has 0 amide bonds. The molecule has 0 radical (unpaired) electrons. The lowest BCUT2D eigenvalue weighted by Gasteiger charge is -2.32. The molecule has 0 bridgehead atoms. The molecule has 1 saturated heterocycles. The number of aromatic nitrogens is 3. The molecule has 1 aliphatic heterocycles. The van der Waals surface area contributed by atoms with Gasteiger partial charge in [0.05, 0.1) is 12.8 Å². The number of rotatable bonds is 4. The molecule has 20 heavy (non-hydrogen) atoms. The standard InChI is InChI=1S/C12H16BrN5O2/c13-9-6-14-11-10(16-9)17-12(20-11)15-8-2-1-3-18(7-8)4-5-19/h6,8,19H,1-5,7H2,(H,15,16,17). The number of oxazole rings is 1. The molecule has 3 heterocycles. The molecular weight excluding hydrogens is 326 g/mol. The molecular formula is C12H16BrN5O2. The molecule has 1 fully saturated rings. The predicted molar refractivity (Wildman–Crippen MR) is 77.5 cm³/mol. The summed E-state index contributed by atoms with van der Waals surface area (Å²) in [6.07, 6.45) is 3.74. The summed E-state index contributed by atoms with van der Waals surface area (Å²) >= 11 is 3.26. The average Bonchev–Trinajstić information content (AvgIpc) is 2.81. The molecule has 3 rings (SSSR count). The third kappa shape index (κ3) is 3.08. The van der Waals surface area contributed by atoms with Crippen molar-refractivity contribution < 1.29 is 9.52 Å². The van der Waals surface area contributed by atoms with Crippen molar-refractivity contribution in [3.63, 3.8) is 0 Å². The van der Waals surface area contributed by atoms with Crippen LogP contribution < -0.4 is 5.32 Å². The zero-order chi connectivity index (χ0) is 13.9. The van der Waals surface area contributed by atoms with Crippen LogP contribution in [0.2, 0.25) is 0 Å². The zero-order valence-electron chi connectivity index (χ0n) is 10.9. The molecule has 1 aliphatic rings. The summed E-state index contributed by atoms with van der Waals surface area (Å²) in [7, 11) is 0. The quantitative estimate of drug-likeness (QED) is 0.865. The number of nitrogens with one attached hydrogen (secondary N) is 1. The number of aliphatic hydroxyl groups is 1. The highest BCUT2D eigenvalue weighted by molar-refractivity contribution is 9.10. The second-order valence-corrected chi connectivity index (χ2v) is 5.66. The first-order valence-electron chi connectivity index (χ1n) is 6.63. The van der Waals surface area contributed by atoms with Gasteiger partial charge in [0.2, 0.25) is 5.65 Å². The van der Waals surface area contributed by atoms with Gasteiger partial charge in [-0.25, -0.2) is 9.97 Å². The van der Waals surface area contributed by atoms with Crippen LogP contribution in [0.5, 0.6) is 0 Å². The predicted octanol–water partition coefficient (Wildman–Crippen LogP) is 1.25. The van der Waals surface area contributed by atoms with Gasteiger partial charge in [-0.05, 0) is 35.3 Å². The summed E-state index contributed by atoms with van der Waals surface area (Å²) in [6, 6.07) is 0.723. The highest BCUT2D eigenvalue weighted by atomic mass is 79.9. The molecule has 0 aliphatic carbocycles. The SMILES string of the molecule is OCCN1CCCC(Nc2nc3nc(Br)cnc3o2)C1. The summed E-state index contributed by atoms with van der Waals surface area (Å²) in [5.74, 6) is 0. The number of fused-ring (bicyclic) bond motifs is 1. The van der Waals surface area contributed by atoms with Crippen LogP contribution in [0.1, 0.15) is 12.8 Å². The summed E-state index contributed by atoms with van der Waals surface area (Å²) in [5.41, 5.74) is 0.920. The van der Waals surface area contributed by atoms with E-state index in [4.69, 9.17) is 9.52 Å². The lowest BCUT2D eigenvalue weighted by Crippen LogP contribution is -2.43. The fourth-order valence-electron chi connectivity index (χ4n) is 2.46. The monoisotopic (exact) mass is 341 g/mol. The smallest absolute Gasteiger partial charge is 0.298 e. The lowest BCUT2D eigenvalue weighted by atomic mass is 10.1. The third-order valence-electron chi connectivity index (χ3n) is 3.34. The normalized spacial score (nSPS) is 20.4. The van der Waals surface area contributed by atoms with Crippen molar-refractivity contribution in [2.24, 2.45) is 0 Å². The third-order valence-corrected chi connectivity index (χ3v) is 3.72. The van der Waals surface area contributed by atoms with Crippen molar-refractivity contribution in [1.29, 1.82) is 0 Å². The number of anilines is 1. The molecule has 2 aromatic rings. The van der Waals surface area contributed by atoms with Gasteiger partial charge < -0.3 is 14.8 Å². The van der Waals surface area contributed by atoms with Gasteiger partial charge in [0, 0.05) is 19.1 Å². The van der Waals surface area contributed by atoms with E-state index in [1.54, 1.807) is 6.20 Å². The molecule has 0 aromatic carbocycles. The number of hydrogen-bond acceptors (Lipinski definition) is 7. The Morgan fingerprint density at radius 1 is 1.50 bits per heavy atom. The van der Waals surface area contributed by atoms with E-state index >= 15 is 0 Å². The molecule has 1 unspecified atom stereocenters. The Bertz CT molecular complexity index is 588. The van der Waals surface area contributed by atoms with E-state index in [2.05, 4.69) is 41.1 Å². The van der Waals surface area contributed by atoms with E-state index in [1.165, 1.54) is 0 Å². The van der Waals surface area contributed by atoms with Crippen LogP contribution >= 0.6 is 15.9 Å². The first kappa shape index (κ1) is 13.7. The molecule has 2 N–H and O–H groups in total. The van der Waals surface area contributed by atoms with Gasteiger partial charge in [-0.15, -0.1) is 0 Å². The number of piperidine rings is 1. The summed E-state index contributed by atoms with van der Waals surface area (Å²) < 4.78 is 6.17. The van der Waals surface area contributed by atoms with Gasteiger partial charge in [-0.1, -0.05) is 0 Å². The topological polar surface area (TPSA) is 87.3 Å². The van der Waals surface area contributed by atoms with Gasteiger partial charge in [0.15, 0.2) is 0 Å². The van der Waals surface area contributed by atoms with Crippen LogP contribution in [0.3, 0.4) is 0 Å². The molecule has 8 heteroatoms. The van der Waals surface area contributed by atoms with E-state index in [9.17, 15) is 0 Å². The Hall–Kier alpha value is -1.25. The van der Waals surface area contributed by atoms with Gasteiger partial charge in [0.1, 0.15) is 4.60 Å². The van der Waals surface area contributed by atoms with E-state index in [1.807, 2.05) is 0 Å². The number of likely N-dealkylation sites (tertiary alicyclic amines) is 1. The molecule has 1 atom stereocenters. The van der Waals surface area contributed by atoms with Crippen molar-refractivity contribution in [2.45, 2.75) is 18.9 Å². The molecule has 0 spiro atoms. The van der Waals surface area contributed by atoms with E-state index < -0.39 is 0 Å². The maximum atomic E-state index is 9.00. The van der Waals surface area contributed by atoms with Crippen LogP contribution in [0.25, 0.3) is 11.4 Å². The van der Waals surface area contributed by atoms with E-state index in [0.717, 1.165) is 25.9 Å². The van der Waals surface area contributed by atoms with Crippen LogP contribution in [-0.4, -0.2) is 57.2 Å². The largest absolute Gasteiger partial charge is 0.403 e. The van der Waals surface area contributed by atoms with Gasteiger partial charge in [-0.2, -0.15) is 4.98 Å². The zero-order valence-corrected chi connectivity index (χ0v) is 12.5. The van der Waals surface area contributed by atoms with Gasteiger partial charge in [0.25, 0.3) is 11.7 Å². The van der Waals surface area contributed by atoms with Crippen molar-refractivity contribution in [3.8, 4) is 0 Å². The highest BCUT2D eigenvalue weighted by Gasteiger charge is 2.21.